The maximum absolute atomic E-state index is 11.6. The largest absolute Gasteiger partial charge is 0.480 e. The third-order valence-electron chi connectivity index (χ3n) is 1.90. The van der Waals surface area contributed by atoms with Crippen LogP contribution < -0.4 is 5.32 Å². The Bertz CT molecular complexity index is 235. The summed E-state index contributed by atoms with van der Waals surface area (Å²) in [5.41, 5.74) is -0.549. The number of carbonyl (C=O) groups excluding carboxylic acids is 1. The molecule has 0 heterocycles. The highest BCUT2D eigenvalue weighted by atomic mass is 32.2. The fraction of sp³-hybridized carbons (Fsp3) is 0.800. The van der Waals surface area contributed by atoms with Crippen LogP contribution in [0, 0.1) is 5.41 Å². The molecule has 4 nitrogen and oxygen atoms in total. The first-order chi connectivity index (χ1) is 6.79. The molecule has 2 N–H and O–H groups in total. The van der Waals surface area contributed by atoms with Crippen LogP contribution in [0.25, 0.3) is 0 Å². The first-order valence-electron chi connectivity index (χ1n) is 4.81. The highest BCUT2D eigenvalue weighted by Gasteiger charge is 2.26. The van der Waals surface area contributed by atoms with E-state index in [4.69, 9.17) is 5.11 Å². The zero-order valence-corrected chi connectivity index (χ0v) is 10.5. The Kier molecular flexibility index (Phi) is 5.72. The summed E-state index contributed by atoms with van der Waals surface area (Å²) < 4.78 is 0. The van der Waals surface area contributed by atoms with Crippen LogP contribution in [0.1, 0.15) is 27.2 Å². The number of hydrogen-bond donors (Lipinski definition) is 2. The lowest BCUT2D eigenvalue weighted by molar-refractivity contribution is -0.143. The van der Waals surface area contributed by atoms with Crippen LogP contribution in [-0.2, 0) is 9.59 Å². The zero-order valence-electron chi connectivity index (χ0n) is 9.66. The zero-order chi connectivity index (χ0) is 12.1. The number of carboxylic acids is 1. The normalized spacial score (nSPS) is 13.3. The van der Waals surface area contributed by atoms with E-state index in [1.54, 1.807) is 32.5 Å². The van der Waals surface area contributed by atoms with E-state index < -0.39 is 17.4 Å². The fourth-order valence-electron chi connectivity index (χ4n) is 0.868. The van der Waals surface area contributed by atoms with Crippen LogP contribution in [-0.4, -0.2) is 35.0 Å². The maximum Gasteiger partial charge on any atom is 0.326 e. The van der Waals surface area contributed by atoms with Crippen LogP contribution >= 0.6 is 11.8 Å². The summed E-state index contributed by atoms with van der Waals surface area (Å²) in [6.45, 7) is 5.28. The van der Waals surface area contributed by atoms with Crippen LogP contribution in [0.2, 0.25) is 0 Å². The molecule has 0 spiro atoms. The Morgan fingerprint density at radius 3 is 2.27 bits per heavy atom. The van der Waals surface area contributed by atoms with Crippen molar-refractivity contribution >= 4 is 23.6 Å². The van der Waals surface area contributed by atoms with Gasteiger partial charge >= 0.3 is 5.97 Å². The van der Waals surface area contributed by atoms with E-state index in [9.17, 15) is 9.59 Å². The standard InChI is InChI=1S/C10H19NO3S/c1-10(2,3)9(14)11-7(8(12)13)5-6-15-4/h7H,5-6H2,1-4H3,(H,11,14)(H,12,13). The number of rotatable bonds is 5. The van der Waals surface area contributed by atoms with E-state index in [2.05, 4.69) is 5.32 Å². The van der Waals surface area contributed by atoms with Gasteiger partial charge < -0.3 is 10.4 Å². The van der Waals surface area contributed by atoms with Gasteiger partial charge in [-0.3, -0.25) is 4.79 Å². The Morgan fingerprint density at radius 1 is 1.40 bits per heavy atom. The van der Waals surface area contributed by atoms with E-state index in [-0.39, 0.29) is 5.91 Å². The molecule has 0 aliphatic rings. The fourth-order valence-corrected chi connectivity index (χ4v) is 1.34. The highest BCUT2D eigenvalue weighted by molar-refractivity contribution is 7.98. The van der Waals surface area contributed by atoms with Gasteiger partial charge in [0.25, 0.3) is 0 Å². The van der Waals surface area contributed by atoms with E-state index in [1.165, 1.54) is 0 Å². The van der Waals surface area contributed by atoms with E-state index >= 15 is 0 Å². The van der Waals surface area contributed by atoms with Crippen molar-refractivity contribution < 1.29 is 14.7 Å². The molecule has 88 valence electrons. The summed E-state index contributed by atoms with van der Waals surface area (Å²) in [4.78, 5) is 22.4. The van der Waals surface area contributed by atoms with Gasteiger partial charge in [-0.15, -0.1) is 0 Å². The molecule has 0 rings (SSSR count). The van der Waals surface area contributed by atoms with Crippen molar-refractivity contribution in [3.8, 4) is 0 Å². The van der Waals surface area contributed by atoms with Gasteiger partial charge in [-0.1, -0.05) is 20.8 Å². The first kappa shape index (κ1) is 14.3. The molecule has 0 aliphatic heterocycles. The molecule has 1 atom stereocenters. The molecule has 0 aromatic rings. The van der Waals surface area contributed by atoms with E-state index in [0.717, 1.165) is 5.75 Å². The molecule has 0 fully saturated rings. The van der Waals surface area contributed by atoms with Crippen molar-refractivity contribution in [1.29, 1.82) is 0 Å². The number of hydrogen-bond acceptors (Lipinski definition) is 3. The van der Waals surface area contributed by atoms with E-state index in [0.29, 0.717) is 6.42 Å². The van der Waals surface area contributed by atoms with Gasteiger partial charge in [0.05, 0.1) is 0 Å². The van der Waals surface area contributed by atoms with Crippen LogP contribution in [0.15, 0.2) is 0 Å². The van der Waals surface area contributed by atoms with Gasteiger partial charge in [-0.05, 0) is 18.4 Å². The Morgan fingerprint density at radius 2 is 1.93 bits per heavy atom. The molecular weight excluding hydrogens is 214 g/mol. The molecule has 0 saturated heterocycles. The number of amides is 1. The van der Waals surface area contributed by atoms with Crippen LogP contribution in [0.5, 0.6) is 0 Å². The monoisotopic (exact) mass is 233 g/mol. The molecule has 1 unspecified atom stereocenters. The molecule has 0 bridgehead atoms. The predicted octanol–water partition coefficient (Wildman–Crippen LogP) is 1.35. The number of nitrogens with one attached hydrogen (secondary N) is 1. The topological polar surface area (TPSA) is 66.4 Å². The number of aliphatic carboxylic acids is 1. The smallest absolute Gasteiger partial charge is 0.326 e. The van der Waals surface area contributed by atoms with Gasteiger partial charge in [-0.25, -0.2) is 4.79 Å². The van der Waals surface area contributed by atoms with E-state index in [1.807, 2.05) is 6.26 Å². The molecule has 15 heavy (non-hydrogen) atoms. The molecule has 0 radical (unpaired) electrons. The Balaban J connectivity index is 4.29. The second-order valence-electron chi connectivity index (χ2n) is 4.40. The molecular formula is C10H19NO3S. The lowest BCUT2D eigenvalue weighted by Gasteiger charge is -2.21. The van der Waals surface area contributed by atoms with Crippen molar-refractivity contribution in [2.75, 3.05) is 12.0 Å². The molecule has 0 saturated carbocycles. The Hall–Kier alpha value is -0.710. The molecule has 0 aliphatic carbocycles. The van der Waals surface area contributed by atoms with Crippen LogP contribution in [0.3, 0.4) is 0 Å². The lowest BCUT2D eigenvalue weighted by Crippen LogP contribution is -2.46. The SMILES string of the molecule is CSCCC(NC(=O)C(C)(C)C)C(=O)O. The molecule has 0 aromatic carbocycles. The summed E-state index contributed by atoms with van der Waals surface area (Å²) in [6.07, 6.45) is 2.36. The minimum atomic E-state index is -0.971. The van der Waals surface area contributed by atoms with Gasteiger partial charge in [0.2, 0.25) is 5.91 Å². The lowest BCUT2D eigenvalue weighted by atomic mass is 9.95. The summed E-state index contributed by atoms with van der Waals surface area (Å²) in [7, 11) is 0. The first-order valence-corrected chi connectivity index (χ1v) is 6.21. The average Bonchev–Trinajstić information content (AvgIpc) is 2.09. The summed E-state index contributed by atoms with van der Waals surface area (Å²) in [6, 6.07) is -0.774. The number of carbonyl (C=O) groups is 2. The minimum absolute atomic E-state index is 0.226. The summed E-state index contributed by atoms with van der Waals surface area (Å²) in [5.74, 6) is -0.473. The van der Waals surface area contributed by atoms with Gasteiger partial charge in [0.1, 0.15) is 6.04 Å². The second-order valence-corrected chi connectivity index (χ2v) is 5.38. The van der Waals surface area contributed by atoms with Crippen molar-refractivity contribution in [3.63, 3.8) is 0 Å². The van der Waals surface area contributed by atoms with Crippen molar-refractivity contribution in [1.82, 2.24) is 5.32 Å². The molecule has 1 amide bonds. The molecule has 0 aromatic heterocycles. The van der Waals surface area contributed by atoms with Crippen molar-refractivity contribution in [3.05, 3.63) is 0 Å². The minimum Gasteiger partial charge on any atom is -0.480 e. The number of thioether (sulfide) groups is 1. The van der Waals surface area contributed by atoms with Gasteiger partial charge in [-0.2, -0.15) is 11.8 Å². The third-order valence-corrected chi connectivity index (χ3v) is 2.54. The quantitative estimate of drug-likeness (QED) is 0.752. The molecule has 5 heteroatoms. The van der Waals surface area contributed by atoms with Gasteiger partial charge in [0, 0.05) is 5.41 Å². The number of carboxylic acid groups (broad SMARTS) is 1. The average molecular weight is 233 g/mol. The van der Waals surface area contributed by atoms with Crippen LogP contribution in [0.4, 0.5) is 0 Å². The predicted molar refractivity (Wildman–Crippen MR) is 62.0 cm³/mol. The van der Waals surface area contributed by atoms with Crippen molar-refractivity contribution in [2.45, 2.75) is 33.2 Å². The summed E-state index contributed by atoms with van der Waals surface area (Å²) in [5, 5.41) is 11.4. The van der Waals surface area contributed by atoms with Gasteiger partial charge in [0.15, 0.2) is 0 Å². The van der Waals surface area contributed by atoms with Crippen molar-refractivity contribution in [2.24, 2.45) is 5.41 Å². The maximum atomic E-state index is 11.6. The summed E-state index contributed by atoms with van der Waals surface area (Å²) >= 11 is 1.57. The third kappa shape index (κ3) is 5.67. The second kappa shape index (κ2) is 6.00. The Labute approximate surface area is 94.8 Å². The highest BCUT2D eigenvalue weighted by Crippen LogP contribution is 2.13.